The third-order valence-corrected chi connectivity index (χ3v) is 6.15. The number of para-hydroxylation sites is 1. The number of carbonyl (C=O) groups is 1. The maximum Gasteiger partial charge on any atom is 0.230 e. The van der Waals surface area contributed by atoms with E-state index in [9.17, 15) is 4.79 Å². The third kappa shape index (κ3) is 5.21. The number of ether oxygens (including phenoxy) is 2. The van der Waals surface area contributed by atoms with Crippen molar-refractivity contribution >= 4 is 17.0 Å². The summed E-state index contributed by atoms with van der Waals surface area (Å²) in [7, 11) is 1.33. The number of nitrogens with zero attached hydrogens (tertiary/aromatic N) is 5. The molecule has 1 aliphatic carbocycles. The lowest BCUT2D eigenvalue weighted by molar-refractivity contribution is -0.113. The second-order valence-electron chi connectivity index (χ2n) is 8.85. The number of halogens is 1. The molecule has 38 heavy (non-hydrogen) atoms. The highest BCUT2D eigenvalue weighted by atomic mass is 19.1. The van der Waals surface area contributed by atoms with E-state index in [0.717, 1.165) is 23.5 Å². The molecule has 1 fully saturated rings. The van der Waals surface area contributed by atoms with Crippen LogP contribution in [0.5, 0.6) is 5.88 Å². The molecule has 9 nitrogen and oxygen atoms in total. The van der Waals surface area contributed by atoms with Gasteiger partial charge in [0, 0.05) is 17.7 Å². The molecule has 0 unspecified atom stereocenters. The molecule has 10 heteroatoms. The molecule has 2 aromatic carbocycles. The molecule has 0 spiro atoms. The maximum atomic E-state index is 15.1. The molecule has 2 heterocycles. The summed E-state index contributed by atoms with van der Waals surface area (Å²) in [4.78, 5) is 13.2. The summed E-state index contributed by atoms with van der Waals surface area (Å²) in [5.74, 6) is 5.98. The fourth-order valence-corrected chi connectivity index (χ4v) is 3.89. The number of hydrazine groups is 1. The summed E-state index contributed by atoms with van der Waals surface area (Å²) in [6.45, 7) is 4.55. The molecule has 2 N–H and O–H groups in total. The molecule has 1 aliphatic rings. The van der Waals surface area contributed by atoms with Crippen LogP contribution >= 0.6 is 0 Å². The molecule has 0 bridgehead atoms. The van der Waals surface area contributed by atoms with Crippen LogP contribution in [0.2, 0.25) is 0 Å². The largest absolute Gasteiger partial charge is 0.491 e. The number of carbonyl (C=O) groups excluding carboxylic acids is 1. The Labute approximate surface area is 219 Å². The van der Waals surface area contributed by atoms with Gasteiger partial charge >= 0.3 is 0 Å². The number of nitrogens with two attached hydrogens (primary N) is 1. The van der Waals surface area contributed by atoms with Crippen LogP contribution in [-0.2, 0) is 9.53 Å². The van der Waals surface area contributed by atoms with Crippen molar-refractivity contribution in [1.29, 1.82) is 0 Å². The van der Waals surface area contributed by atoms with Crippen molar-refractivity contribution < 1.29 is 18.7 Å². The van der Waals surface area contributed by atoms with Crippen molar-refractivity contribution in [1.82, 2.24) is 19.6 Å². The summed E-state index contributed by atoms with van der Waals surface area (Å²) < 4.78 is 29.4. The highest BCUT2D eigenvalue weighted by Crippen LogP contribution is 2.30. The van der Waals surface area contributed by atoms with Crippen LogP contribution in [0.15, 0.2) is 91.6 Å². The van der Waals surface area contributed by atoms with Gasteiger partial charge in [-0.05, 0) is 49.1 Å². The van der Waals surface area contributed by atoms with Gasteiger partial charge in [0.2, 0.25) is 11.7 Å². The molecule has 0 aliphatic heterocycles. The number of ketones is 1. The molecule has 4 aromatic rings. The van der Waals surface area contributed by atoms with Gasteiger partial charge in [-0.3, -0.25) is 9.80 Å². The van der Waals surface area contributed by atoms with Crippen molar-refractivity contribution in [2.75, 3.05) is 18.7 Å². The highest BCUT2D eigenvalue weighted by Gasteiger charge is 2.23. The zero-order valence-electron chi connectivity index (χ0n) is 20.8. The highest BCUT2D eigenvalue weighted by molar-refractivity contribution is 6.27. The first-order chi connectivity index (χ1) is 18.5. The summed E-state index contributed by atoms with van der Waals surface area (Å²) in [5.41, 5.74) is 1.90. The van der Waals surface area contributed by atoms with Crippen molar-refractivity contribution in [2.24, 2.45) is 11.8 Å². The number of benzene rings is 2. The van der Waals surface area contributed by atoms with Crippen molar-refractivity contribution in [3.63, 3.8) is 0 Å². The molecule has 0 amide bonds. The number of rotatable bonds is 11. The fraction of sp³-hybridized carbons (Fsp3) is 0.179. The SMILES string of the molecule is C=C(C(=O)/C(=C\N(N)c1ccc(-n2nccc2OCC2CC2)cc1F)OC)c1ccnn1-c1ccccc1. The molecule has 2 aromatic heterocycles. The lowest BCUT2D eigenvalue weighted by Crippen LogP contribution is -2.27. The minimum atomic E-state index is -0.617. The van der Waals surface area contributed by atoms with E-state index in [4.69, 9.17) is 15.3 Å². The molecular formula is C28H27FN6O3. The smallest absolute Gasteiger partial charge is 0.230 e. The first kappa shape index (κ1) is 25.0. The van der Waals surface area contributed by atoms with Gasteiger partial charge in [-0.1, -0.05) is 24.8 Å². The Morgan fingerprint density at radius 3 is 2.55 bits per heavy atom. The third-order valence-electron chi connectivity index (χ3n) is 6.15. The normalized spacial score (nSPS) is 13.3. The fourth-order valence-electron chi connectivity index (χ4n) is 3.89. The van der Waals surface area contributed by atoms with E-state index in [-0.39, 0.29) is 17.0 Å². The predicted molar refractivity (Wildman–Crippen MR) is 141 cm³/mol. The second kappa shape index (κ2) is 10.7. The number of anilines is 1. The van der Waals surface area contributed by atoms with E-state index in [2.05, 4.69) is 16.8 Å². The maximum absolute atomic E-state index is 15.1. The van der Waals surface area contributed by atoms with E-state index >= 15 is 4.39 Å². The number of allylic oxidation sites excluding steroid dienone is 1. The quantitative estimate of drug-likeness (QED) is 0.137. The van der Waals surface area contributed by atoms with Gasteiger partial charge < -0.3 is 9.47 Å². The monoisotopic (exact) mass is 514 g/mol. The summed E-state index contributed by atoms with van der Waals surface area (Å²) in [6.07, 6.45) is 6.71. The molecule has 5 rings (SSSR count). The Kier molecular flexibility index (Phi) is 7.05. The lowest BCUT2D eigenvalue weighted by atomic mass is 10.1. The molecular weight excluding hydrogens is 487 g/mol. The van der Waals surface area contributed by atoms with Crippen LogP contribution in [-0.4, -0.2) is 39.1 Å². The van der Waals surface area contributed by atoms with Crippen molar-refractivity contribution in [3.8, 4) is 17.3 Å². The number of hydrogen-bond donors (Lipinski definition) is 1. The Hall–Kier alpha value is -4.70. The van der Waals surface area contributed by atoms with Crippen LogP contribution in [0.4, 0.5) is 10.1 Å². The Morgan fingerprint density at radius 2 is 1.84 bits per heavy atom. The Balaban J connectivity index is 1.34. The van der Waals surface area contributed by atoms with E-state index in [1.807, 2.05) is 30.3 Å². The summed E-state index contributed by atoms with van der Waals surface area (Å²) in [5, 5.41) is 9.53. The first-order valence-corrected chi connectivity index (χ1v) is 12.1. The molecule has 1 saturated carbocycles. The van der Waals surface area contributed by atoms with Crippen LogP contribution in [0.3, 0.4) is 0 Å². The van der Waals surface area contributed by atoms with Crippen LogP contribution < -0.4 is 15.6 Å². The van der Waals surface area contributed by atoms with Gasteiger partial charge in [-0.2, -0.15) is 10.2 Å². The van der Waals surface area contributed by atoms with Gasteiger partial charge in [0.1, 0.15) is 5.82 Å². The zero-order valence-corrected chi connectivity index (χ0v) is 20.8. The Morgan fingerprint density at radius 1 is 1.11 bits per heavy atom. The molecule has 0 saturated heterocycles. The number of aromatic nitrogens is 4. The van der Waals surface area contributed by atoms with E-state index in [1.165, 1.54) is 30.1 Å². The standard InChI is InChI=1S/C28H27FN6O3/c1-19(24-12-14-31-34(24)21-6-4-3-5-7-21)28(36)26(37-2)17-33(30)25-11-10-22(16-23(25)29)35-27(13-15-32-35)38-18-20-8-9-20/h3-7,10-17,20H,1,8-9,18,30H2,2H3/b26-17+. The minimum Gasteiger partial charge on any atom is -0.491 e. The number of Topliss-reactive ketones (excluding diaryl/α,β-unsaturated/α-hetero) is 1. The van der Waals surface area contributed by atoms with Gasteiger partial charge in [0.25, 0.3) is 0 Å². The molecule has 0 radical (unpaired) electrons. The van der Waals surface area contributed by atoms with Crippen molar-refractivity contribution in [3.05, 3.63) is 103 Å². The zero-order chi connectivity index (χ0) is 26.6. The Bertz CT molecular complexity index is 1490. The van der Waals surface area contributed by atoms with E-state index < -0.39 is 11.6 Å². The van der Waals surface area contributed by atoms with Gasteiger partial charge in [0.05, 0.1) is 55.1 Å². The lowest BCUT2D eigenvalue weighted by Gasteiger charge is -2.18. The van der Waals surface area contributed by atoms with Crippen LogP contribution in [0.25, 0.3) is 16.9 Å². The van der Waals surface area contributed by atoms with Gasteiger partial charge in [0.15, 0.2) is 5.76 Å². The predicted octanol–water partition coefficient (Wildman–Crippen LogP) is 4.44. The second-order valence-corrected chi connectivity index (χ2v) is 8.85. The topological polar surface area (TPSA) is 100 Å². The van der Waals surface area contributed by atoms with Crippen LogP contribution in [0.1, 0.15) is 18.5 Å². The van der Waals surface area contributed by atoms with E-state index in [0.29, 0.717) is 29.8 Å². The van der Waals surface area contributed by atoms with Crippen LogP contribution in [0, 0.1) is 11.7 Å². The molecule has 194 valence electrons. The van der Waals surface area contributed by atoms with Gasteiger partial charge in [-0.25, -0.2) is 19.6 Å². The summed E-state index contributed by atoms with van der Waals surface area (Å²) >= 11 is 0. The molecule has 0 atom stereocenters. The summed E-state index contributed by atoms with van der Waals surface area (Å²) in [6, 6.07) is 17.2. The number of methoxy groups -OCH3 is 1. The number of hydrogen-bond acceptors (Lipinski definition) is 7. The first-order valence-electron chi connectivity index (χ1n) is 12.1. The average Bonchev–Trinajstić information content (AvgIpc) is 3.43. The van der Waals surface area contributed by atoms with Gasteiger partial charge in [-0.15, -0.1) is 0 Å². The van der Waals surface area contributed by atoms with Crippen molar-refractivity contribution in [2.45, 2.75) is 12.8 Å². The van der Waals surface area contributed by atoms with E-state index in [1.54, 1.807) is 35.3 Å². The average molecular weight is 515 g/mol. The minimum absolute atomic E-state index is 0.0312.